The zero-order valence-corrected chi connectivity index (χ0v) is 9.81. The molecular weight excluding hydrogens is 220 g/mol. The maximum absolute atomic E-state index is 11.4. The smallest absolute Gasteiger partial charge is 0.410 e. The van der Waals surface area contributed by atoms with Crippen molar-refractivity contribution in [1.29, 1.82) is 0 Å². The summed E-state index contributed by atoms with van der Waals surface area (Å²) in [4.78, 5) is 13.0. The van der Waals surface area contributed by atoms with E-state index in [9.17, 15) is 4.79 Å². The Labute approximate surface area is 100 Å². The van der Waals surface area contributed by atoms with Gasteiger partial charge in [-0.3, -0.25) is 0 Å². The molecule has 2 rings (SSSR count). The lowest BCUT2D eigenvalue weighted by Crippen LogP contribution is -2.23. The summed E-state index contributed by atoms with van der Waals surface area (Å²) in [6.45, 7) is 4.04. The zero-order valence-electron chi connectivity index (χ0n) is 9.81. The van der Waals surface area contributed by atoms with E-state index in [1.807, 2.05) is 19.1 Å². The summed E-state index contributed by atoms with van der Waals surface area (Å²) in [5.74, 6) is 0.765. The number of cyclic esters (lactones) is 1. The predicted octanol–water partition coefficient (Wildman–Crippen LogP) is 1.62. The van der Waals surface area contributed by atoms with E-state index in [4.69, 9.17) is 15.2 Å². The van der Waals surface area contributed by atoms with Crippen LogP contribution in [0.3, 0.4) is 0 Å². The highest BCUT2D eigenvalue weighted by atomic mass is 16.6. The molecule has 1 aromatic carbocycles. The van der Waals surface area contributed by atoms with Gasteiger partial charge in [0.25, 0.3) is 0 Å². The van der Waals surface area contributed by atoms with E-state index < -0.39 is 0 Å². The highest BCUT2D eigenvalue weighted by Crippen LogP contribution is 2.24. The first kappa shape index (κ1) is 11.6. The molecule has 92 valence electrons. The van der Waals surface area contributed by atoms with E-state index in [-0.39, 0.29) is 6.09 Å². The lowest BCUT2D eigenvalue weighted by atomic mass is 10.1. The van der Waals surface area contributed by atoms with Crippen LogP contribution in [-0.4, -0.2) is 30.8 Å². The quantitative estimate of drug-likeness (QED) is 0.807. The molecule has 0 unspecified atom stereocenters. The third-order valence-electron chi connectivity index (χ3n) is 2.59. The third-order valence-corrected chi connectivity index (χ3v) is 2.59. The largest absolute Gasteiger partial charge is 0.494 e. The van der Waals surface area contributed by atoms with Crippen LogP contribution >= 0.6 is 0 Å². The number of nitrogen functional groups attached to an aromatic ring is 1. The summed E-state index contributed by atoms with van der Waals surface area (Å²) in [5, 5.41) is 0. The summed E-state index contributed by atoms with van der Waals surface area (Å²) in [5.41, 5.74) is 7.31. The number of anilines is 1. The molecule has 0 bridgehead atoms. The molecule has 17 heavy (non-hydrogen) atoms. The van der Waals surface area contributed by atoms with E-state index in [0.717, 1.165) is 11.3 Å². The second-order valence-electron chi connectivity index (χ2n) is 3.84. The van der Waals surface area contributed by atoms with Crippen LogP contribution in [0.4, 0.5) is 10.5 Å². The van der Waals surface area contributed by atoms with Crippen molar-refractivity contribution in [1.82, 2.24) is 4.90 Å². The first-order chi connectivity index (χ1) is 8.20. The van der Waals surface area contributed by atoms with Gasteiger partial charge in [-0.2, -0.15) is 0 Å². The van der Waals surface area contributed by atoms with Crippen molar-refractivity contribution in [3.8, 4) is 5.75 Å². The number of carbonyl (C=O) groups is 1. The van der Waals surface area contributed by atoms with Gasteiger partial charge in [-0.25, -0.2) is 4.79 Å². The van der Waals surface area contributed by atoms with Gasteiger partial charge in [-0.05, 0) is 25.1 Å². The Bertz CT molecular complexity index is 420. The van der Waals surface area contributed by atoms with Gasteiger partial charge in [0, 0.05) is 11.3 Å². The summed E-state index contributed by atoms with van der Waals surface area (Å²) in [7, 11) is 0. The molecule has 0 radical (unpaired) electrons. The monoisotopic (exact) mass is 236 g/mol. The number of ether oxygens (including phenoxy) is 2. The Morgan fingerprint density at radius 3 is 3.00 bits per heavy atom. The summed E-state index contributed by atoms with van der Waals surface area (Å²) in [6.07, 6.45) is -0.283. The number of hydrogen-bond donors (Lipinski definition) is 1. The predicted molar refractivity (Wildman–Crippen MR) is 63.8 cm³/mol. The molecule has 0 saturated carbocycles. The minimum absolute atomic E-state index is 0.283. The fourth-order valence-corrected chi connectivity index (χ4v) is 1.79. The molecule has 2 N–H and O–H groups in total. The molecule has 0 atom stereocenters. The first-order valence-corrected chi connectivity index (χ1v) is 5.63. The van der Waals surface area contributed by atoms with Gasteiger partial charge in [-0.15, -0.1) is 0 Å². The molecule has 1 aliphatic heterocycles. The lowest BCUT2D eigenvalue weighted by Gasteiger charge is -2.16. The number of nitrogens with two attached hydrogens (primary N) is 1. The van der Waals surface area contributed by atoms with Gasteiger partial charge >= 0.3 is 6.09 Å². The summed E-state index contributed by atoms with van der Waals surface area (Å²) < 4.78 is 10.4. The fraction of sp³-hybridized carbons (Fsp3) is 0.417. The van der Waals surface area contributed by atoms with Gasteiger partial charge < -0.3 is 20.1 Å². The minimum atomic E-state index is -0.283. The Hall–Kier alpha value is -1.91. The normalized spacial score (nSPS) is 14.9. The topological polar surface area (TPSA) is 64.8 Å². The van der Waals surface area contributed by atoms with Crippen molar-refractivity contribution in [3.63, 3.8) is 0 Å². The molecule has 1 aliphatic rings. The molecule has 5 nitrogen and oxygen atoms in total. The number of rotatable bonds is 4. The second kappa shape index (κ2) is 4.95. The van der Waals surface area contributed by atoms with Gasteiger partial charge in [0.15, 0.2) is 0 Å². The van der Waals surface area contributed by atoms with Crippen LogP contribution in [0, 0.1) is 0 Å². The Morgan fingerprint density at radius 2 is 2.35 bits per heavy atom. The molecule has 0 spiro atoms. The maximum Gasteiger partial charge on any atom is 0.410 e. The van der Waals surface area contributed by atoms with E-state index in [0.29, 0.717) is 32.0 Å². The molecule has 0 aliphatic carbocycles. The summed E-state index contributed by atoms with van der Waals surface area (Å²) in [6, 6.07) is 5.45. The van der Waals surface area contributed by atoms with Crippen LogP contribution in [0.5, 0.6) is 5.75 Å². The number of amides is 1. The van der Waals surface area contributed by atoms with Crippen molar-refractivity contribution in [2.45, 2.75) is 13.5 Å². The SMILES string of the molecule is CCOc1ccc(N)cc1CN1CCOC1=O. The van der Waals surface area contributed by atoms with E-state index >= 15 is 0 Å². The number of carbonyl (C=O) groups excluding carboxylic acids is 1. The molecule has 1 amide bonds. The molecule has 1 fully saturated rings. The van der Waals surface area contributed by atoms with Crippen molar-refractivity contribution in [2.24, 2.45) is 0 Å². The van der Waals surface area contributed by atoms with Crippen molar-refractivity contribution in [3.05, 3.63) is 23.8 Å². The molecule has 1 heterocycles. The molecule has 0 aromatic heterocycles. The first-order valence-electron chi connectivity index (χ1n) is 5.63. The van der Waals surface area contributed by atoms with E-state index in [1.54, 1.807) is 11.0 Å². The number of hydrogen-bond acceptors (Lipinski definition) is 4. The molecule has 1 aromatic rings. The van der Waals surface area contributed by atoms with Crippen molar-refractivity contribution in [2.75, 3.05) is 25.5 Å². The lowest BCUT2D eigenvalue weighted by molar-refractivity contribution is 0.157. The molecule has 1 saturated heterocycles. The van der Waals surface area contributed by atoms with Crippen LogP contribution < -0.4 is 10.5 Å². The third kappa shape index (κ3) is 2.61. The Balaban J connectivity index is 2.17. The Kier molecular flexibility index (Phi) is 3.37. The minimum Gasteiger partial charge on any atom is -0.494 e. The number of nitrogens with zero attached hydrogens (tertiary/aromatic N) is 1. The average molecular weight is 236 g/mol. The van der Waals surface area contributed by atoms with Gasteiger partial charge in [0.05, 0.1) is 19.7 Å². The van der Waals surface area contributed by atoms with Gasteiger partial charge in [0.2, 0.25) is 0 Å². The second-order valence-corrected chi connectivity index (χ2v) is 3.84. The van der Waals surface area contributed by atoms with Crippen LogP contribution in [0.1, 0.15) is 12.5 Å². The van der Waals surface area contributed by atoms with Gasteiger partial charge in [0.1, 0.15) is 12.4 Å². The number of benzene rings is 1. The van der Waals surface area contributed by atoms with Crippen LogP contribution in [0.2, 0.25) is 0 Å². The highest BCUT2D eigenvalue weighted by molar-refractivity contribution is 5.69. The molecule has 5 heteroatoms. The van der Waals surface area contributed by atoms with Crippen LogP contribution in [-0.2, 0) is 11.3 Å². The van der Waals surface area contributed by atoms with Gasteiger partial charge in [-0.1, -0.05) is 0 Å². The van der Waals surface area contributed by atoms with Crippen molar-refractivity contribution < 1.29 is 14.3 Å². The zero-order chi connectivity index (χ0) is 12.3. The van der Waals surface area contributed by atoms with Crippen LogP contribution in [0.15, 0.2) is 18.2 Å². The van der Waals surface area contributed by atoms with Crippen LogP contribution in [0.25, 0.3) is 0 Å². The highest BCUT2D eigenvalue weighted by Gasteiger charge is 2.23. The van der Waals surface area contributed by atoms with Crippen molar-refractivity contribution >= 4 is 11.8 Å². The van der Waals surface area contributed by atoms with E-state index in [2.05, 4.69) is 0 Å². The summed E-state index contributed by atoms with van der Waals surface area (Å²) >= 11 is 0. The standard InChI is InChI=1S/C12H16N2O3/c1-2-16-11-4-3-10(13)7-9(11)8-14-5-6-17-12(14)15/h3-4,7H,2,5-6,8,13H2,1H3. The van der Waals surface area contributed by atoms with E-state index in [1.165, 1.54) is 0 Å². The Morgan fingerprint density at radius 1 is 1.53 bits per heavy atom. The fourth-order valence-electron chi connectivity index (χ4n) is 1.79. The molecular formula is C12H16N2O3. The maximum atomic E-state index is 11.4. The average Bonchev–Trinajstić information content (AvgIpc) is 2.69.